The molecular formula is C19H25NO2. The van der Waals surface area contributed by atoms with Crippen LogP contribution in [0.4, 0.5) is 0 Å². The first-order valence-electron chi connectivity index (χ1n) is 7.83. The summed E-state index contributed by atoms with van der Waals surface area (Å²) in [6, 6.07) is 16.9. The molecule has 0 fully saturated rings. The second-order valence-electron chi connectivity index (χ2n) is 6.05. The third-order valence-electron chi connectivity index (χ3n) is 3.68. The van der Waals surface area contributed by atoms with Gasteiger partial charge in [-0.05, 0) is 48.6 Å². The minimum atomic E-state index is -0.533. The Morgan fingerprint density at radius 2 is 1.64 bits per heavy atom. The van der Waals surface area contributed by atoms with Gasteiger partial charge in [0.1, 0.15) is 11.5 Å². The Morgan fingerprint density at radius 1 is 0.955 bits per heavy atom. The van der Waals surface area contributed by atoms with Gasteiger partial charge in [0.15, 0.2) is 0 Å². The van der Waals surface area contributed by atoms with E-state index >= 15 is 0 Å². The van der Waals surface area contributed by atoms with E-state index in [4.69, 9.17) is 10.5 Å². The van der Waals surface area contributed by atoms with Crippen molar-refractivity contribution >= 4 is 0 Å². The summed E-state index contributed by atoms with van der Waals surface area (Å²) in [5.41, 5.74) is 7.07. The molecule has 2 rings (SSSR count). The minimum Gasteiger partial charge on any atom is -0.457 e. The van der Waals surface area contributed by atoms with Gasteiger partial charge in [0.2, 0.25) is 0 Å². The maximum Gasteiger partial charge on any atom is 0.127 e. The van der Waals surface area contributed by atoms with Crippen molar-refractivity contribution in [3.05, 3.63) is 60.2 Å². The highest BCUT2D eigenvalue weighted by Gasteiger charge is 2.17. The number of rotatable bonds is 7. The maximum absolute atomic E-state index is 10.2. The Hall–Kier alpha value is -1.84. The largest absolute Gasteiger partial charge is 0.457 e. The zero-order chi connectivity index (χ0) is 15.9. The van der Waals surface area contributed by atoms with Gasteiger partial charge in [0.25, 0.3) is 0 Å². The minimum absolute atomic E-state index is 0.391. The molecule has 0 saturated heterocycles. The summed E-state index contributed by atoms with van der Waals surface area (Å²) in [4.78, 5) is 0. The van der Waals surface area contributed by atoms with E-state index in [-0.39, 0.29) is 0 Å². The van der Waals surface area contributed by atoms with Gasteiger partial charge in [-0.1, -0.05) is 44.2 Å². The van der Waals surface area contributed by atoms with Crippen molar-refractivity contribution in [3.63, 3.8) is 0 Å². The summed E-state index contributed by atoms with van der Waals surface area (Å²) in [5.74, 6) is 2.08. The van der Waals surface area contributed by atoms with E-state index in [0.717, 1.165) is 23.5 Å². The third-order valence-corrected chi connectivity index (χ3v) is 3.68. The summed E-state index contributed by atoms with van der Waals surface area (Å²) in [5, 5.41) is 10.2. The van der Waals surface area contributed by atoms with Crippen LogP contribution in [-0.4, -0.2) is 11.2 Å². The molecule has 0 heterocycles. The lowest BCUT2D eigenvalue weighted by molar-refractivity contribution is 0.128. The summed E-state index contributed by atoms with van der Waals surface area (Å²) < 4.78 is 5.81. The molecule has 0 aliphatic carbocycles. The molecule has 0 bridgehead atoms. The fraction of sp³-hybridized carbons (Fsp3) is 0.368. The van der Waals surface area contributed by atoms with Crippen LogP contribution in [0.15, 0.2) is 54.6 Å². The summed E-state index contributed by atoms with van der Waals surface area (Å²) in [6.07, 6.45) is 1.15. The van der Waals surface area contributed by atoms with Gasteiger partial charge in [-0.2, -0.15) is 0 Å². The monoisotopic (exact) mass is 299 g/mol. The smallest absolute Gasteiger partial charge is 0.127 e. The highest BCUT2D eigenvalue weighted by molar-refractivity contribution is 5.35. The average Bonchev–Trinajstić information content (AvgIpc) is 2.53. The number of hydrogen-bond donors (Lipinski definition) is 2. The van der Waals surface area contributed by atoms with E-state index < -0.39 is 12.1 Å². The van der Waals surface area contributed by atoms with E-state index in [0.29, 0.717) is 12.3 Å². The number of aliphatic hydroxyl groups excluding tert-OH is 1. The van der Waals surface area contributed by atoms with Crippen molar-refractivity contribution in [1.82, 2.24) is 0 Å². The Kier molecular flexibility index (Phi) is 5.99. The molecule has 0 unspecified atom stereocenters. The van der Waals surface area contributed by atoms with Gasteiger partial charge in [-0.15, -0.1) is 0 Å². The van der Waals surface area contributed by atoms with Crippen molar-refractivity contribution < 1.29 is 9.84 Å². The first-order chi connectivity index (χ1) is 10.6. The maximum atomic E-state index is 10.2. The molecule has 118 valence electrons. The molecule has 2 aromatic carbocycles. The van der Waals surface area contributed by atoms with E-state index in [1.165, 1.54) is 0 Å². The van der Waals surface area contributed by atoms with E-state index in [1.54, 1.807) is 0 Å². The van der Waals surface area contributed by atoms with E-state index in [1.807, 2.05) is 54.6 Å². The highest BCUT2D eigenvalue weighted by atomic mass is 16.5. The van der Waals surface area contributed by atoms with Crippen LogP contribution in [-0.2, 0) is 0 Å². The Bertz CT molecular complexity index is 569. The van der Waals surface area contributed by atoms with Crippen LogP contribution >= 0.6 is 0 Å². The van der Waals surface area contributed by atoms with E-state index in [9.17, 15) is 5.11 Å². The fourth-order valence-electron chi connectivity index (χ4n) is 2.32. The molecule has 0 aliphatic heterocycles. The first kappa shape index (κ1) is 16.5. The number of para-hydroxylation sites is 1. The molecular weight excluding hydrogens is 274 g/mol. The summed E-state index contributed by atoms with van der Waals surface area (Å²) in [7, 11) is 0. The fourth-order valence-corrected chi connectivity index (χ4v) is 2.32. The molecule has 0 aromatic heterocycles. The number of hydrogen-bond acceptors (Lipinski definition) is 3. The zero-order valence-corrected chi connectivity index (χ0v) is 13.3. The summed E-state index contributed by atoms with van der Waals surface area (Å²) >= 11 is 0. The average molecular weight is 299 g/mol. The number of ether oxygens (including phenoxy) is 1. The van der Waals surface area contributed by atoms with Crippen molar-refractivity contribution in [3.8, 4) is 11.5 Å². The molecule has 22 heavy (non-hydrogen) atoms. The van der Waals surface area contributed by atoms with Crippen molar-refractivity contribution in [2.75, 3.05) is 0 Å². The zero-order valence-electron chi connectivity index (χ0n) is 13.3. The van der Waals surface area contributed by atoms with Gasteiger partial charge in [0, 0.05) is 0 Å². The second-order valence-corrected chi connectivity index (χ2v) is 6.05. The third kappa shape index (κ3) is 4.86. The number of aliphatic hydroxyl groups is 1. The molecule has 3 heteroatoms. The first-order valence-corrected chi connectivity index (χ1v) is 7.83. The van der Waals surface area contributed by atoms with Gasteiger partial charge >= 0.3 is 0 Å². The second kappa shape index (κ2) is 7.97. The Morgan fingerprint density at radius 3 is 2.32 bits per heavy atom. The van der Waals surface area contributed by atoms with Gasteiger partial charge in [-0.25, -0.2) is 0 Å². The molecule has 0 radical (unpaired) electrons. The SMILES string of the molecule is CC(C)CC[C@H](O)[C@H](N)c1cccc(Oc2ccccc2)c1. The van der Waals surface area contributed by atoms with Crippen LogP contribution in [0, 0.1) is 5.92 Å². The van der Waals surface area contributed by atoms with E-state index in [2.05, 4.69) is 13.8 Å². The number of benzene rings is 2. The standard InChI is InChI=1S/C19H25NO2/c1-14(2)11-12-18(21)19(20)15-7-6-10-17(13-15)22-16-8-4-3-5-9-16/h3-10,13-14,18-19,21H,11-12,20H2,1-2H3/t18-,19+/m0/s1. The predicted octanol–water partition coefficient (Wildman–Crippen LogP) is 4.28. The molecule has 2 aromatic rings. The van der Waals surface area contributed by atoms with Crippen LogP contribution in [0.1, 0.15) is 38.3 Å². The van der Waals surface area contributed by atoms with Crippen molar-refractivity contribution in [1.29, 1.82) is 0 Å². The molecule has 0 saturated carbocycles. The lowest BCUT2D eigenvalue weighted by Crippen LogP contribution is -2.26. The van der Waals surface area contributed by atoms with Crippen LogP contribution in [0.2, 0.25) is 0 Å². The lowest BCUT2D eigenvalue weighted by Gasteiger charge is -2.20. The molecule has 2 atom stereocenters. The van der Waals surface area contributed by atoms with Crippen LogP contribution in [0.25, 0.3) is 0 Å². The van der Waals surface area contributed by atoms with Gasteiger partial charge in [0.05, 0.1) is 12.1 Å². The highest BCUT2D eigenvalue weighted by Crippen LogP contribution is 2.26. The van der Waals surface area contributed by atoms with Gasteiger partial charge in [-0.3, -0.25) is 0 Å². The summed E-state index contributed by atoms with van der Waals surface area (Å²) in [6.45, 7) is 4.29. The number of nitrogens with two attached hydrogens (primary N) is 1. The Labute approximate surface area is 132 Å². The normalized spacial score (nSPS) is 13.9. The molecule has 0 aliphatic rings. The molecule has 0 spiro atoms. The van der Waals surface area contributed by atoms with Gasteiger partial charge < -0.3 is 15.6 Å². The Balaban J connectivity index is 2.04. The van der Waals surface area contributed by atoms with Crippen LogP contribution in [0.3, 0.4) is 0 Å². The molecule has 0 amide bonds. The molecule has 3 nitrogen and oxygen atoms in total. The predicted molar refractivity (Wildman–Crippen MR) is 90.0 cm³/mol. The molecule has 3 N–H and O–H groups in total. The quantitative estimate of drug-likeness (QED) is 0.802. The van der Waals surface area contributed by atoms with Crippen molar-refractivity contribution in [2.24, 2.45) is 11.7 Å². The van der Waals surface area contributed by atoms with Crippen LogP contribution in [0.5, 0.6) is 11.5 Å². The van der Waals surface area contributed by atoms with Crippen LogP contribution < -0.4 is 10.5 Å². The van der Waals surface area contributed by atoms with Crippen molar-refractivity contribution in [2.45, 2.75) is 38.8 Å². The topological polar surface area (TPSA) is 55.5 Å². The lowest BCUT2D eigenvalue weighted by atomic mass is 9.96.